The van der Waals surface area contributed by atoms with Crippen LogP contribution in [0.2, 0.25) is 0 Å². The highest BCUT2D eigenvalue weighted by atomic mass is 32.2. The first-order chi connectivity index (χ1) is 7.50. The molecule has 3 nitrogen and oxygen atoms in total. The van der Waals surface area contributed by atoms with Gasteiger partial charge in [0.1, 0.15) is 5.25 Å². The highest BCUT2D eigenvalue weighted by Crippen LogP contribution is 2.50. The number of carboxylic acid groups (broad SMARTS) is 1. The van der Waals surface area contributed by atoms with Crippen molar-refractivity contribution in [3.05, 3.63) is 35.9 Å². The lowest BCUT2D eigenvalue weighted by Gasteiger charge is -2.20. The van der Waals surface area contributed by atoms with Gasteiger partial charge in [-0.15, -0.1) is 11.8 Å². The SMILES string of the molecule is CC1(O)CC(c2ccccc2)SC1C(=O)O. The van der Waals surface area contributed by atoms with Crippen LogP contribution in [0.5, 0.6) is 0 Å². The van der Waals surface area contributed by atoms with E-state index in [0.29, 0.717) is 6.42 Å². The highest BCUT2D eigenvalue weighted by Gasteiger charge is 2.47. The lowest BCUT2D eigenvalue weighted by molar-refractivity contribution is -0.140. The van der Waals surface area contributed by atoms with Crippen LogP contribution in [0.1, 0.15) is 24.2 Å². The molecule has 0 amide bonds. The number of thioether (sulfide) groups is 1. The third-order valence-corrected chi connectivity index (χ3v) is 4.61. The second-order valence-corrected chi connectivity index (χ2v) is 5.63. The summed E-state index contributed by atoms with van der Waals surface area (Å²) in [4.78, 5) is 11.0. The monoisotopic (exact) mass is 238 g/mol. The molecular formula is C12H14O3S. The van der Waals surface area contributed by atoms with Gasteiger partial charge in [0.25, 0.3) is 0 Å². The van der Waals surface area contributed by atoms with Gasteiger partial charge in [-0.1, -0.05) is 30.3 Å². The Bertz CT molecular complexity index is 389. The summed E-state index contributed by atoms with van der Waals surface area (Å²) in [6, 6.07) is 9.73. The van der Waals surface area contributed by atoms with E-state index in [1.165, 1.54) is 11.8 Å². The van der Waals surface area contributed by atoms with Crippen LogP contribution >= 0.6 is 11.8 Å². The van der Waals surface area contributed by atoms with E-state index >= 15 is 0 Å². The van der Waals surface area contributed by atoms with Crippen molar-refractivity contribution < 1.29 is 15.0 Å². The van der Waals surface area contributed by atoms with Gasteiger partial charge in [-0.3, -0.25) is 4.79 Å². The lowest BCUT2D eigenvalue weighted by Crippen LogP contribution is -2.38. The molecule has 0 aromatic heterocycles. The normalized spacial score (nSPS) is 33.9. The molecule has 0 bridgehead atoms. The van der Waals surface area contributed by atoms with E-state index < -0.39 is 16.8 Å². The van der Waals surface area contributed by atoms with Crippen LogP contribution in [0.15, 0.2) is 30.3 Å². The van der Waals surface area contributed by atoms with Crippen molar-refractivity contribution in [2.45, 2.75) is 29.4 Å². The Balaban J connectivity index is 2.21. The van der Waals surface area contributed by atoms with Crippen LogP contribution < -0.4 is 0 Å². The van der Waals surface area contributed by atoms with Crippen molar-refractivity contribution in [3.63, 3.8) is 0 Å². The van der Waals surface area contributed by atoms with Gasteiger partial charge < -0.3 is 10.2 Å². The molecule has 1 heterocycles. The molecule has 1 aliphatic heterocycles. The number of aliphatic hydroxyl groups is 1. The Morgan fingerprint density at radius 1 is 1.44 bits per heavy atom. The van der Waals surface area contributed by atoms with Gasteiger partial charge in [-0.05, 0) is 18.9 Å². The fraction of sp³-hybridized carbons (Fsp3) is 0.417. The fourth-order valence-corrected chi connectivity index (χ4v) is 3.61. The van der Waals surface area contributed by atoms with Crippen LogP contribution in [0.25, 0.3) is 0 Å². The standard InChI is InChI=1S/C12H14O3S/c1-12(15)7-9(16-10(12)11(13)14)8-5-3-2-4-6-8/h2-6,9-10,15H,7H2,1H3,(H,13,14). The van der Waals surface area contributed by atoms with Crippen molar-refractivity contribution in [2.24, 2.45) is 0 Å². The summed E-state index contributed by atoms with van der Waals surface area (Å²) in [6.07, 6.45) is 0.485. The van der Waals surface area contributed by atoms with Gasteiger partial charge in [0.2, 0.25) is 0 Å². The van der Waals surface area contributed by atoms with Crippen molar-refractivity contribution in [1.29, 1.82) is 0 Å². The largest absolute Gasteiger partial charge is 0.480 e. The molecule has 1 aliphatic rings. The minimum Gasteiger partial charge on any atom is -0.480 e. The Kier molecular flexibility index (Phi) is 2.95. The number of carbonyl (C=O) groups is 1. The van der Waals surface area contributed by atoms with Crippen molar-refractivity contribution in [2.75, 3.05) is 0 Å². The maximum Gasteiger partial charge on any atom is 0.319 e. The average molecular weight is 238 g/mol. The van der Waals surface area contributed by atoms with Gasteiger partial charge in [-0.2, -0.15) is 0 Å². The molecule has 0 spiro atoms. The second-order valence-electron chi connectivity index (χ2n) is 4.31. The molecule has 1 aromatic carbocycles. The zero-order chi connectivity index (χ0) is 11.8. The number of aliphatic carboxylic acids is 1. The minimum absolute atomic E-state index is 0.0669. The quantitative estimate of drug-likeness (QED) is 0.828. The fourth-order valence-electron chi connectivity index (χ4n) is 2.03. The number of benzene rings is 1. The van der Waals surface area contributed by atoms with Gasteiger partial charge in [0, 0.05) is 5.25 Å². The predicted molar refractivity (Wildman–Crippen MR) is 63.4 cm³/mol. The third kappa shape index (κ3) is 2.08. The number of rotatable bonds is 2. The molecule has 1 saturated heterocycles. The topological polar surface area (TPSA) is 57.5 Å². The van der Waals surface area contributed by atoms with Crippen LogP contribution in [0.3, 0.4) is 0 Å². The molecule has 16 heavy (non-hydrogen) atoms. The molecule has 4 heteroatoms. The first kappa shape index (κ1) is 11.5. The summed E-state index contributed by atoms with van der Waals surface area (Å²) in [5.74, 6) is -0.937. The summed E-state index contributed by atoms with van der Waals surface area (Å²) in [7, 11) is 0. The van der Waals surface area contributed by atoms with Gasteiger partial charge in [0.15, 0.2) is 0 Å². The Morgan fingerprint density at radius 3 is 2.56 bits per heavy atom. The molecule has 0 saturated carbocycles. The second kappa shape index (κ2) is 4.11. The Morgan fingerprint density at radius 2 is 2.06 bits per heavy atom. The van der Waals surface area contributed by atoms with Crippen molar-refractivity contribution in [3.8, 4) is 0 Å². The Hall–Kier alpha value is -1.00. The van der Waals surface area contributed by atoms with Crippen LogP contribution in [-0.2, 0) is 4.79 Å². The minimum atomic E-state index is -1.13. The molecule has 86 valence electrons. The number of hydrogen-bond donors (Lipinski definition) is 2. The third-order valence-electron chi connectivity index (χ3n) is 2.86. The highest BCUT2D eigenvalue weighted by molar-refractivity contribution is 8.01. The molecule has 2 rings (SSSR count). The van der Waals surface area contributed by atoms with Gasteiger partial charge in [-0.25, -0.2) is 0 Å². The van der Waals surface area contributed by atoms with Gasteiger partial charge >= 0.3 is 5.97 Å². The molecule has 1 fully saturated rings. The molecule has 3 atom stereocenters. The molecule has 2 N–H and O–H groups in total. The zero-order valence-electron chi connectivity index (χ0n) is 8.96. The van der Waals surface area contributed by atoms with Crippen LogP contribution in [0, 0.1) is 0 Å². The Labute approximate surface area is 98.5 Å². The predicted octanol–water partition coefficient (Wildman–Crippen LogP) is 2.07. The summed E-state index contributed by atoms with van der Waals surface area (Å²) in [5.41, 5.74) is -0.0479. The van der Waals surface area contributed by atoms with Crippen molar-refractivity contribution in [1.82, 2.24) is 0 Å². The first-order valence-electron chi connectivity index (χ1n) is 5.16. The zero-order valence-corrected chi connectivity index (χ0v) is 9.78. The number of carboxylic acids is 1. The summed E-state index contributed by atoms with van der Waals surface area (Å²) in [5, 5.41) is 18.4. The first-order valence-corrected chi connectivity index (χ1v) is 6.10. The average Bonchev–Trinajstić information content (AvgIpc) is 2.56. The maximum atomic E-state index is 11.0. The summed E-state index contributed by atoms with van der Waals surface area (Å²) < 4.78 is 0. The summed E-state index contributed by atoms with van der Waals surface area (Å²) >= 11 is 1.33. The molecule has 1 aromatic rings. The molecular weight excluding hydrogens is 224 g/mol. The van der Waals surface area contributed by atoms with E-state index in [9.17, 15) is 9.90 Å². The van der Waals surface area contributed by atoms with Crippen LogP contribution in [-0.4, -0.2) is 27.0 Å². The lowest BCUT2D eigenvalue weighted by atomic mass is 9.94. The molecule has 0 radical (unpaired) electrons. The smallest absolute Gasteiger partial charge is 0.319 e. The van der Waals surface area contributed by atoms with E-state index in [1.807, 2.05) is 30.3 Å². The van der Waals surface area contributed by atoms with Crippen molar-refractivity contribution >= 4 is 17.7 Å². The van der Waals surface area contributed by atoms with E-state index in [1.54, 1.807) is 6.92 Å². The number of hydrogen-bond acceptors (Lipinski definition) is 3. The van der Waals surface area contributed by atoms with E-state index in [4.69, 9.17) is 5.11 Å². The van der Waals surface area contributed by atoms with Crippen LogP contribution in [0.4, 0.5) is 0 Å². The van der Waals surface area contributed by atoms with E-state index in [2.05, 4.69) is 0 Å². The van der Waals surface area contributed by atoms with Gasteiger partial charge in [0.05, 0.1) is 5.60 Å². The van der Waals surface area contributed by atoms with E-state index in [-0.39, 0.29) is 5.25 Å². The molecule has 3 unspecified atom stereocenters. The maximum absolute atomic E-state index is 11.0. The molecule has 0 aliphatic carbocycles. The van der Waals surface area contributed by atoms with E-state index in [0.717, 1.165) is 5.56 Å². The summed E-state index contributed by atoms with van der Waals surface area (Å²) in [6.45, 7) is 1.60.